The summed E-state index contributed by atoms with van der Waals surface area (Å²) in [4.78, 5) is 0.264. The van der Waals surface area contributed by atoms with Gasteiger partial charge in [0.2, 0.25) is 10.0 Å². The maximum Gasteiger partial charge on any atom is 0.209 e. The van der Waals surface area contributed by atoms with Gasteiger partial charge in [-0.3, -0.25) is 0 Å². The predicted octanol–water partition coefficient (Wildman–Crippen LogP) is 0.771. The second-order valence-electron chi connectivity index (χ2n) is 4.50. The molecule has 1 fully saturated rings. The third-order valence-corrected chi connectivity index (χ3v) is 4.13. The van der Waals surface area contributed by atoms with E-state index in [-0.39, 0.29) is 4.99 Å². The zero-order valence-corrected chi connectivity index (χ0v) is 10.7. The van der Waals surface area contributed by atoms with Crippen molar-refractivity contribution in [2.75, 3.05) is 6.26 Å². The van der Waals surface area contributed by atoms with Gasteiger partial charge >= 0.3 is 0 Å². The Bertz CT molecular complexity index is 343. The minimum Gasteiger partial charge on any atom is -0.392 e. The number of nitrogens with one attached hydrogen (secondary N) is 1. The van der Waals surface area contributed by atoms with Crippen molar-refractivity contribution in [3.63, 3.8) is 0 Å². The van der Waals surface area contributed by atoms with Crippen molar-refractivity contribution in [2.24, 2.45) is 11.7 Å². The lowest BCUT2D eigenvalue weighted by atomic mass is 9.78. The number of hydrogen-bond acceptors (Lipinski definition) is 3. The molecule has 1 aliphatic carbocycles. The van der Waals surface area contributed by atoms with Crippen molar-refractivity contribution in [1.82, 2.24) is 4.72 Å². The van der Waals surface area contributed by atoms with Crippen LogP contribution in [0.1, 0.15) is 32.6 Å². The number of rotatable bonds is 3. The Kier molecular flexibility index (Phi) is 3.73. The molecule has 1 rings (SSSR count). The summed E-state index contributed by atoms with van der Waals surface area (Å²) in [5, 5.41) is 0. The van der Waals surface area contributed by atoms with E-state index in [4.69, 9.17) is 18.0 Å². The molecule has 4 nitrogen and oxygen atoms in total. The van der Waals surface area contributed by atoms with Crippen molar-refractivity contribution in [3.8, 4) is 0 Å². The number of thiocarbonyl (C=S) groups is 1. The molecule has 3 N–H and O–H groups in total. The highest BCUT2D eigenvalue weighted by Gasteiger charge is 2.39. The molecule has 1 aliphatic rings. The lowest BCUT2D eigenvalue weighted by molar-refractivity contribution is 0.289. The summed E-state index contributed by atoms with van der Waals surface area (Å²) in [6.45, 7) is 2.16. The number of nitrogens with two attached hydrogens (primary N) is 1. The van der Waals surface area contributed by atoms with Crippen molar-refractivity contribution in [1.29, 1.82) is 0 Å². The highest BCUT2D eigenvalue weighted by atomic mass is 32.2. The summed E-state index contributed by atoms with van der Waals surface area (Å²) in [7, 11) is -3.26. The third kappa shape index (κ3) is 3.39. The molecule has 0 spiro atoms. The Labute approximate surface area is 96.7 Å². The van der Waals surface area contributed by atoms with Crippen molar-refractivity contribution < 1.29 is 8.42 Å². The molecule has 0 amide bonds. The molecule has 0 radical (unpaired) electrons. The zero-order valence-electron chi connectivity index (χ0n) is 9.12. The predicted molar refractivity (Wildman–Crippen MR) is 65.1 cm³/mol. The van der Waals surface area contributed by atoms with Gasteiger partial charge in [0.15, 0.2) is 0 Å². The summed E-state index contributed by atoms with van der Waals surface area (Å²) in [5.41, 5.74) is 4.97. The van der Waals surface area contributed by atoms with Crippen LogP contribution in [-0.4, -0.2) is 25.2 Å². The van der Waals surface area contributed by atoms with Gasteiger partial charge in [-0.1, -0.05) is 19.1 Å². The SMILES string of the molecule is CC1CCC(NS(C)(=O)=O)(C(N)=S)CC1. The van der Waals surface area contributed by atoms with E-state index in [2.05, 4.69) is 11.6 Å². The number of sulfonamides is 1. The first kappa shape index (κ1) is 12.9. The Hall–Kier alpha value is -0.200. The van der Waals surface area contributed by atoms with E-state index >= 15 is 0 Å². The molecule has 0 unspecified atom stereocenters. The first-order chi connectivity index (χ1) is 6.75. The topological polar surface area (TPSA) is 72.2 Å². The van der Waals surface area contributed by atoms with Gasteiger partial charge in [0.25, 0.3) is 0 Å². The summed E-state index contributed by atoms with van der Waals surface area (Å²) < 4.78 is 25.1. The van der Waals surface area contributed by atoms with Crippen LogP contribution in [0.2, 0.25) is 0 Å². The Morgan fingerprint density at radius 2 is 1.93 bits per heavy atom. The highest BCUT2D eigenvalue weighted by Crippen LogP contribution is 2.32. The van der Waals surface area contributed by atoms with E-state index < -0.39 is 15.6 Å². The first-order valence-electron chi connectivity index (χ1n) is 5.04. The molecular weight excluding hydrogens is 232 g/mol. The van der Waals surface area contributed by atoms with Gasteiger partial charge in [-0.05, 0) is 31.6 Å². The summed E-state index contributed by atoms with van der Waals surface area (Å²) in [6, 6.07) is 0. The van der Waals surface area contributed by atoms with Crippen molar-refractivity contribution >= 4 is 27.2 Å². The van der Waals surface area contributed by atoms with Gasteiger partial charge in [-0.15, -0.1) is 0 Å². The lowest BCUT2D eigenvalue weighted by Crippen LogP contribution is -2.57. The van der Waals surface area contributed by atoms with Crippen LogP contribution in [-0.2, 0) is 10.0 Å². The van der Waals surface area contributed by atoms with Gasteiger partial charge in [0.05, 0.1) is 16.8 Å². The minimum absolute atomic E-state index is 0.264. The van der Waals surface area contributed by atoms with Crippen LogP contribution in [0.3, 0.4) is 0 Å². The van der Waals surface area contributed by atoms with Crippen LogP contribution in [0.5, 0.6) is 0 Å². The van der Waals surface area contributed by atoms with E-state index in [9.17, 15) is 8.42 Å². The lowest BCUT2D eigenvalue weighted by Gasteiger charge is -2.38. The Morgan fingerprint density at radius 3 is 2.27 bits per heavy atom. The van der Waals surface area contributed by atoms with Crippen molar-refractivity contribution in [3.05, 3.63) is 0 Å². The fourth-order valence-electron chi connectivity index (χ4n) is 2.01. The van der Waals surface area contributed by atoms with E-state index in [1.54, 1.807) is 0 Å². The largest absolute Gasteiger partial charge is 0.392 e. The fourth-order valence-corrected chi connectivity index (χ4v) is 3.35. The average Bonchev–Trinajstić information content (AvgIpc) is 2.06. The molecule has 88 valence electrons. The summed E-state index contributed by atoms with van der Waals surface area (Å²) in [6.07, 6.45) is 4.47. The second kappa shape index (κ2) is 4.35. The Balaban J connectivity index is 2.86. The zero-order chi connectivity index (χ0) is 11.7. The molecule has 15 heavy (non-hydrogen) atoms. The fraction of sp³-hybridized carbons (Fsp3) is 0.889. The monoisotopic (exact) mass is 250 g/mol. The standard InChI is InChI=1S/C9H18N2O2S2/c1-7-3-5-9(6-4-7,8(10)14)11-15(2,12)13/h7,11H,3-6H2,1-2H3,(H2,10,14). The molecule has 0 aromatic rings. The number of hydrogen-bond donors (Lipinski definition) is 2. The highest BCUT2D eigenvalue weighted by molar-refractivity contribution is 7.89. The van der Waals surface area contributed by atoms with Crippen molar-refractivity contribution in [2.45, 2.75) is 38.1 Å². The average molecular weight is 250 g/mol. The minimum atomic E-state index is -3.26. The van der Waals surface area contributed by atoms with Gasteiger partial charge in [0, 0.05) is 0 Å². The van der Waals surface area contributed by atoms with E-state index in [1.807, 2.05) is 0 Å². The molecule has 1 saturated carbocycles. The molecule has 0 heterocycles. The molecule has 0 saturated heterocycles. The maximum atomic E-state index is 11.3. The second-order valence-corrected chi connectivity index (χ2v) is 6.69. The van der Waals surface area contributed by atoms with Crippen LogP contribution < -0.4 is 10.5 Å². The summed E-state index contributed by atoms with van der Waals surface area (Å²) >= 11 is 4.99. The van der Waals surface area contributed by atoms with Crippen LogP contribution in [0.15, 0.2) is 0 Å². The van der Waals surface area contributed by atoms with Crippen LogP contribution in [0.25, 0.3) is 0 Å². The van der Waals surface area contributed by atoms with Gasteiger partial charge in [-0.25, -0.2) is 13.1 Å². The van der Waals surface area contributed by atoms with Gasteiger partial charge in [0.1, 0.15) is 0 Å². The molecule has 0 atom stereocenters. The third-order valence-electron chi connectivity index (χ3n) is 2.98. The summed E-state index contributed by atoms with van der Waals surface area (Å²) in [5.74, 6) is 0.619. The molecule has 0 bridgehead atoms. The Morgan fingerprint density at radius 1 is 1.47 bits per heavy atom. The van der Waals surface area contributed by atoms with Gasteiger partial charge in [-0.2, -0.15) is 0 Å². The van der Waals surface area contributed by atoms with Gasteiger partial charge < -0.3 is 5.73 Å². The molecule has 0 aromatic carbocycles. The van der Waals surface area contributed by atoms with Crippen LogP contribution in [0.4, 0.5) is 0 Å². The van der Waals surface area contributed by atoms with E-state index in [1.165, 1.54) is 0 Å². The normalized spacial score (nSPS) is 32.5. The first-order valence-corrected chi connectivity index (χ1v) is 7.34. The van der Waals surface area contributed by atoms with Crippen LogP contribution in [0, 0.1) is 5.92 Å². The molecule has 6 heteroatoms. The van der Waals surface area contributed by atoms with Crippen LogP contribution >= 0.6 is 12.2 Å². The maximum absolute atomic E-state index is 11.3. The molecular formula is C9H18N2O2S2. The molecule has 0 aromatic heterocycles. The van der Waals surface area contributed by atoms with E-state index in [0.717, 1.165) is 19.1 Å². The van der Waals surface area contributed by atoms with E-state index in [0.29, 0.717) is 18.8 Å². The smallest absolute Gasteiger partial charge is 0.209 e. The molecule has 0 aliphatic heterocycles. The quantitative estimate of drug-likeness (QED) is 0.726.